The van der Waals surface area contributed by atoms with Crippen molar-refractivity contribution in [3.63, 3.8) is 0 Å². The van der Waals surface area contributed by atoms with Crippen LogP contribution >= 0.6 is 0 Å². The lowest BCUT2D eigenvalue weighted by Crippen LogP contribution is -2.37. The minimum absolute atomic E-state index is 0.00558. The molecule has 2 aromatic carbocycles. The van der Waals surface area contributed by atoms with E-state index >= 15 is 0 Å². The fourth-order valence-corrected chi connectivity index (χ4v) is 5.78. The minimum Gasteiger partial charge on any atom is -0.473 e. The van der Waals surface area contributed by atoms with Gasteiger partial charge in [0, 0.05) is 42.5 Å². The summed E-state index contributed by atoms with van der Waals surface area (Å²) in [5.41, 5.74) is 4.60. The molecule has 43 heavy (non-hydrogen) atoms. The number of benzene rings is 2. The number of aryl methyl sites for hydroxylation is 1. The predicted octanol–water partition coefficient (Wildman–Crippen LogP) is 4.51. The summed E-state index contributed by atoms with van der Waals surface area (Å²) in [6.45, 7) is 3.37. The first-order valence-electron chi connectivity index (χ1n) is 14.1. The van der Waals surface area contributed by atoms with Crippen molar-refractivity contribution in [3.8, 4) is 5.88 Å². The van der Waals surface area contributed by atoms with E-state index in [0.29, 0.717) is 72.1 Å². The number of pyridine rings is 2. The van der Waals surface area contributed by atoms with Crippen LogP contribution in [0.2, 0.25) is 0 Å². The smallest absolute Gasteiger partial charge is 0.417 e. The van der Waals surface area contributed by atoms with Gasteiger partial charge in [0.2, 0.25) is 5.88 Å². The van der Waals surface area contributed by atoms with E-state index in [1.54, 1.807) is 35.0 Å². The minimum atomic E-state index is -0.569. The van der Waals surface area contributed by atoms with Crippen LogP contribution in [0.4, 0.5) is 5.82 Å². The lowest BCUT2D eigenvalue weighted by atomic mass is 10.0. The zero-order chi connectivity index (χ0) is 29.5. The summed E-state index contributed by atoms with van der Waals surface area (Å²) in [7, 11) is 0. The number of carbonyl (C=O) groups is 1. The molecule has 6 aromatic rings. The number of imidazole rings is 1. The number of hydrogen-bond acceptors (Lipinski definition) is 8. The van der Waals surface area contributed by atoms with Crippen LogP contribution in [0.5, 0.6) is 5.88 Å². The van der Waals surface area contributed by atoms with Crippen molar-refractivity contribution in [2.24, 2.45) is 0 Å². The number of fused-ring (bicyclic) bond motifs is 2. The second kappa shape index (κ2) is 10.8. The molecule has 0 bridgehead atoms. The Kier molecular flexibility index (Phi) is 6.61. The zero-order valence-corrected chi connectivity index (χ0v) is 23.4. The first kappa shape index (κ1) is 26.4. The van der Waals surface area contributed by atoms with Crippen LogP contribution in [0, 0.1) is 6.92 Å². The van der Waals surface area contributed by atoms with E-state index < -0.39 is 5.76 Å². The molecule has 216 valence electrons. The largest absolute Gasteiger partial charge is 0.473 e. The first-order chi connectivity index (χ1) is 20.9. The quantitative estimate of drug-likeness (QED) is 0.265. The number of carbonyl (C=O) groups excluding carboxylic acids is 1. The van der Waals surface area contributed by atoms with Crippen molar-refractivity contribution in [1.29, 1.82) is 0 Å². The summed E-state index contributed by atoms with van der Waals surface area (Å²) in [4.78, 5) is 55.0. The third-order valence-corrected chi connectivity index (χ3v) is 7.92. The third-order valence-electron chi connectivity index (χ3n) is 7.92. The number of hydrogen-bond donors (Lipinski definition) is 2. The number of aromatic nitrogens is 5. The van der Waals surface area contributed by atoms with Crippen molar-refractivity contribution in [3.05, 3.63) is 116 Å². The van der Waals surface area contributed by atoms with Crippen molar-refractivity contribution in [1.82, 2.24) is 24.5 Å². The molecule has 1 aliphatic heterocycles. The van der Waals surface area contributed by atoms with E-state index in [0.717, 1.165) is 16.6 Å². The predicted molar refractivity (Wildman–Crippen MR) is 161 cm³/mol. The van der Waals surface area contributed by atoms with E-state index in [4.69, 9.17) is 14.1 Å². The van der Waals surface area contributed by atoms with Crippen LogP contribution in [0.1, 0.15) is 45.9 Å². The zero-order valence-electron chi connectivity index (χ0n) is 23.4. The normalized spacial score (nSPS) is 14.0. The highest BCUT2D eigenvalue weighted by Crippen LogP contribution is 2.30. The van der Waals surface area contributed by atoms with Crippen molar-refractivity contribution < 1.29 is 13.9 Å². The topological polar surface area (TPSA) is 139 Å². The molecule has 0 radical (unpaired) electrons. The Labute approximate surface area is 244 Å². The maximum Gasteiger partial charge on any atom is 0.417 e. The molecule has 1 fully saturated rings. The van der Waals surface area contributed by atoms with Crippen LogP contribution in [-0.4, -0.2) is 43.4 Å². The highest BCUT2D eigenvalue weighted by molar-refractivity contribution is 6.11. The Bertz CT molecular complexity index is 2080. The van der Waals surface area contributed by atoms with E-state index in [2.05, 4.69) is 19.9 Å². The number of H-pyrrole nitrogens is 2. The van der Waals surface area contributed by atoms with Gasteiger partial charge in [0.25, 0.3) is 0 Å². The fraction of sp³-hybridized carbons (Fsp3) is 0.219. The Morgan fingerprint density at radius 3 is 2.60 bits per heavy atom. The summed E-state index contributed by atoms with van der Waals surface area (Å²) < 4.78 is 13.1. The lowest BCUT2D eigenvalue weighted by molar-refractivity contribution is 0.103. The van der Waals surface area contributed by atoms with Gasteiger partial charge >= 0.3 is 11.4 Å². The summed E-state index contributed by atoms with van der Waals surface area (Å²) in [5, 5.41) is 0. The molecule has 0 spiro atoms. The molecule has 11 nitrogen and oxygen atoms in total. The number of ketones is 1. The highest BCUT2D eigenvalue weighted by Gasteiger charge is 2.26. The summed E-state index contributed by atoms with van der Waals surface area (Å²) in [6.07, 6.45) is 3.09. The molecule has 0 saturated carbocycles. The van der Waals surface area contributed by atoms with Gasteiger partial charge < -0.3 is 14.1 Å². The van der Waals surface area contributed by atoms with Crippen molar-refractivity contribution in [2.75, 3.05) is 18.0 Å². The maximum absolute atomic E-state index is 13.8. The van der Waals surface area contributed by atoms with Crippen molar-refractivity contribution in [2.45, 2.75) is 32.4 Å². The van der Waals surface area contributed by atoms with Crippen LogP contribution in [0.25, 0.3) is 22.3 Å². The fourth-order valence-electron chi connectivity index (χ4n) is 5.78. The highest BCUT2D eigenvalue weighted by atomic mass is 16.5. The Morgan fingerprint density at radius 2 is 1.79 bits per heavy atom. The number of ether oxygens (including phenoxy) is 1. The van der Waals surface area contributed by atoms with Gasteiger partial charge in [-0.2, -0.15) is 4.98 Å². The average Bonchev–Trinajstić information content (AvgIpc) is 3.58. The Balaban J connectivity index is 1.19. The van der Waals surface area contributed by atoms with Crippen LogP contribution in [0.3, 0.4) is 0 Å². The summed E-state index contributed by atoms with van der Waals surface area (Å²) >= 11 is 0. The second-order valence-corrected chi connectivity index (χ2v) is 10.7. The van der Waals surface area contributed by atoms with Gasteiger partial charge in [-0.3, -0.25) is 19.3 Å². The number of rotatable bonds is 7. The monoisotopic (exact) mass is 576 g/mol. The number of anilines is 1. The number of nitrogens with zero attached hydrogens (tertiary/aromatic N) is 4. The van der Waals surface area contributed by atoms with Crippen LogP contribution in [0.15, 0.2) is 86.9 Å². The molecule has 1 saturated heterocycles. The number of aromatic amines is 2. The number of oxazole rings is 1. The Morgan fingerprint density at radius 1 is 1.00 bits per heavy atom. The molecule has 0 atom stereocenters. The van der Waals surface area contributed by atoms with Gasteiger partial charge in [0.05, 0.1) is 11.0 Å². The van der Waals surface area contributed by atoms with Gasteiger partial charge in [-0.25, -0.2) is 14.6 Å². The molecule has 4 aromatic heterocycles. The Hall–Kier alpha value is -5.45. The van der Waals surface area contributed by atoms with Crippen LogP contribution < -0.4 is 21.1 Å². The maximum atomic E-state index is 13.8. The molecular formula is C32H28N6O5. The SMILES string of the molecule is Cc1cc(C(=O)c2cc(OCc3ccccc3)nc(N3CCC(n4c(=O)[nH]c5ncccc54)CC3)c2)cc2oc(=O)[nH]c12. The molecule has 2 N–H and O–H groups in total. The molecule has 1 aliphatic rings. The summed E-state index contributed by atoms with van der Waals surface area (Å²) in [6, 6.07) is 20.2. The van der Waals surface area contributed by atoms with Gasteiger partial charge in [0.15, 0.2) is 17.0 Å². The molecule has 11 heteroatoms. The average molecular weight is 577 g/mol. The standard InChI is InChI=1S/C32H28N6O5/c1-19-14-21(15-25-28(19)35-32(41)43-25)29(39)22-16-26(34-27(17-22)42-18-20-6-3-2-4-7-20)37-12-9-23(10-13-37)38-24-8-5-11-33-30(24)36-31(38)40/h2-8,11,14-17,23H,9-10,12-13,18H2,1H3,(H,35,41)(H,33,36,40). The van der Waals surface area contributed by atoms with E-state index in [-0.39, 0.29) is 17.5 Å². The first-order valence-corrected chi connectivity index (χ1v) is 14.1. The van der Waals surface area contributed by atoms with E-state index in [1.807, 2.05) is 49.4 Å². The molecule has 0 aliphatic carbocycles. The van der Waals surface area contributed by atoms with Gasteiger partial charge in [0.1, 0.15) is 12.4 Å². The number of piperidine rings is 1. The van der Waals surface area contributed by atoms with Crippen molar-refractivity contribution >= 4 is 33.9 Å². The van der Waals surface area contributed by atoms with Crippen LogP contribution in [-0.2, 0) is 6.61 Å². The lowest BCUT2D eigenvalue weighted by Gasteiger charge is -2.33. The van der Waals surface area contributed by atoms with Gasteiger partial charge in [-0.1, -0.05) is 30.3 Å². The third kappa shape index (κ3) is 5.09. The molecular weight excluding hydrogens is 548 g/mol. The molecule has 5 heterocycles. The molecule has 0 unspecified atom stereocenters. The molecule has 0 amide bonds. The van der Waals surface area contributed by atoms with Gasteiger partial charge in [-0.05, 0) is 61.2 Å². The second-order valence-electron chi connectivity index (χ2n) is 10.7. The van der Waals surface area contributed by atoms with E-state index in [9.17, 15) is 14.4 Å². The summed E-state index contributed by atoms with van der Waals surface area (Å²) in [5.74, 6) is 0.137. The number of nitrogens with one attached hydrogen (secondary N) is 2. The van der Waals surface area contributed by atoms with E-state index in [1.165, 1.54) is 0 Å². The molecule has 7 rings (SSSR count). The van der Waals surface area contributed by atoms with Gasteiger partial charge in [-0.15, -0.1) is 0 Å².